The number of nitrogens with zero attached hydrogens (tertiary/aromatic N) is 2. The minimum atomic E-state index is -0.0393. The number of amides is 1. The molecule has 0 spiro atoms. The van der Waals surface area contributed by atoms with Gasteiger partial charge in [-0.2, -0.15) is 0 Å². The number of hydrogen-bond acceptors (Lipinski definition) is 5. The Hall–Kier alpha value is -1.24. The van der Waals surface area contributed by atoms with Crippen molar-refractivity contribution in [1.29, 1.82) is 0 Å². The second-order valence-electron chi connectivity index (χ2n) is 3.89. The van der Waals surface area contributed by atoms with E-state index in [9.17, 15) is 4.79 Å². The Morgan fingerprint density at radius 3 is 2.94 bits per heavy atom. The summed E-state index contributed by atoms with van der Waals surface area (Å²) in [5.74, 6) is -0.0393. The fourth-order valence-corrected chi connectivity index (χ4v) is 2.88. The van der Waals surface area contributed by atoms with E-state index in [-0.39, 0.29) is 5.91 Å². The van der Waals surface area contributed by atoms with E-state index in [1.54, 1.807) is 28.7 Å². The molecule has 2 aromatic rings. The van der Waals surface area contributed by atoms with Crippen molar-refractivity contribution in [3.8, 4) is 0 Å². The topological polar surface area (TPSA) is 59.2 Å². The van der Waals surface area contributed by atoms with Crippen LogP contribution in [0.2, 0.25) is 0 Å². The largest absolute Gasteiger partial charge is 0.340 e. The highest BCUT2D eigenvalue weighted by atomic mass is 32.1. The molecule has 1 amide bonds. The van der Waals surface area contributed by atoms with Crippen LogP contribution in [0.15, 0.2) is 22.9 Å². The molecule has 2 aromatic heterocycles. The third-order valence-electron chi connectivity index (χ3n) is 2.57. The van der Waals surface area contributed by atoms with Gasteiger partial charge in [0.05, 0.1) is 0 Å². The van der Waals surface area contributed by atoms with E-state index in [1.807, 2.05) is 11.4 Å². The zero-order chi connectivity index (χ0) is 13.0. The van der Waals surface area contributed by atoms with E-state index in [4.69, 9.17) is 5.73 Å². The Morgan fingerprint density at radius 1 is 1.50 bits per heavy atom. The van der Waals surface area contributed by atoms with Crippen LogP contribution in [0, 0.1) is 0 Å². The highest BCUT2D eigenvalue weighted by Gasteiger charge is 2.14. The van der Waals surface area contributed by atoms with Crippen LogP contribution in [0.4, 0.5) is 0 Å². The van der Waals surface area contributed by atoms with Crippen LogP contribution in [0.3, 0.4) is 0 Å². The van der Waals surface area contributed by atoms with Crippen molar-refractivity contribution in [1.82, 2.24) is 9.88 Å². The highest BCUT2D eigenvalue weighted by Crippen LogP contribution is 2.12. The van der Waals surface area contributed by atoms with E-state index >= 15 is 0 Å². The summed E-state index contributed by atoms with van der Waals surface area (Å²) in [5, 5.41) is 4.61. The summed E-state index contributed by atoms with van der Waals surface area (Å²) in [7, 11) is 1.80. The van der Waals surface area contributed by atoms with Crippen molar-refractivity contribution in [2.75, 3.05) is 13.6 Å². The first kappa shape index (κ1) is 13.2. The lowest BCUT2D eigenvalue weighted by molar-refractivity contribution is 0.0791. The molecule has 2 rings (SSSR count). The minimum Gasteiger partial charge on any atom is -0.340 e. The van der Waals surface area contributed by atoms with Gasteiger partial charge in [-0.15, -0.1) is 22.7 Å². The first-order chi connectivity index (χ1) is 8.70. The van der Waals surface area contributed by atoms with Crippen molar-refractivity contribution < 1.29 is 4.79 Å². The standard InChI is InChI=1S/C12H15N3OS2/c1-15(5-4-9-3-2-6-17-9)12(16)10-8-18-11(7-13)14-10/h2-3,6,8H,4-5,7,13H2,1H3. The predicted octanol–water partition coefficient (Wildman–Crippen LogP) is 1.98. The molecular formula is C12H15N3OS2. The molecule has 0 aliphatic rings. The normalized spacial score (nSPS) is 10.6. The molecule has 0 aliphatic heterocycles. The maximum atomic E-state index is 12.1. The Morgan fingerprint density at radius 2 is 2.33 bits per heavy atom. The lowest BCUT2D eigenvalue weighted by Crippen LogP contribution is -2.29. The number of rotatable bonds is 5. The second-order valence-corrected chi connectivity index (χ2v) is 5.86. The number of thiazole rings is 1. The molecule has 4 nitrogen and oxygen atoms in total. The number of hydrogen-bond donors (Lipinski definition) is 1. The van der Waals surface area contributed by atoms with Crippen molar-refractivity contribution >= 4 is 28.6 Å². The van der Waals surface area contributed by atoms with Crippen LogP contribution >= 0.6 is 22.7 Å². The van der Waals surface area contributed by atoms with E-state index in [1.165, 1.54) is 16.2 Å². The zero-order valence-corrected chi connectivity index (χ0v) is 11.8. The molecule has 0 saturated carbocycles. The molecule has 0 fully saturated rings. The Bertz CT molecular complexity index is 507. The maximum Gasteiger partial charge on any atom is 0.273 e. The van der Waals surface area contributed by atoms with E-state index in [0.717, 1.165) is 11.4 Å². The summed E-state index contributed by atoms with van der Waals surface area (Å²) in [6.07, 6.45) is 0.883. The lowest BCUT2D eigenvalue weighted by atomic mass is 10.3. The molecule has 0 bridgehead atoms. The number of carbonyl (C=O) groups excluding carboxylic acids is 1. The van der Waals surface area contributed by atoms with Crippen molar-refractivity contribution in [3.63, 3.8) is 0 Å². The number of aromatic nitrogens is 1. The SMILES string of the molecule is CN(CCc1cccs1)C(=O)c1csc(CN)n1. The van der Waals surface area contributed by atoms with Crippen LogP contribution < -0.4 is 5.73 Å². The monoisotopic (exact) mass is 281 g/mol. The quantitative estimate of drug-likeness (QED) is 0.911. The van der Waals surface area contributed by atoms with Gasteiger partial charge in [0.15, 0.2) is 0 Å². The molecule has 2 N–H and O–H groups in total. The minimum absolute atomic E-state index is 0.0393. The Kier molecular flexibility index (Phi) is 4.46. The maximum absolute atomic E-state index is 12.1. The molecular weight excluding hydrogens is 266 g/mol. The van der Waals surface area contributed by atoms with Gasteiger partial charge in [-0.25, -0.2) is 4.98 Å². The first-order valence-corrected chi connectivity index (χ1v) is 7.39. The number of nitrogens with two attached hydrogens (primary N) is 1. The number of likely N-dealkylation sites (N-methyl/N-ethyl adjacent to an activating group) is 1. The highest BCUT2D eigenvalue weighted by molar-refractivity contribution is 7.10. The molecule has 0 radical (unpaired) electrons. The van der Waals surface area contributed by atoms with Gasteiger partial charge in [0.25, 0.3) is 5.91 Å². The summed E-state index contributed by atoms with van der Waals surface area (Å²) in [5.41, 5.74) is 5.98. The van der Waals surface area contributed by atoms with Crippen molar-refractivity contribution in [2.24, 2.45) is 5.73 Å². The van der Waals surface area contributed by atoms with Gasteiger partial charge in [0.2, 0.25) is 0 Å². The molecule has 0 saturated heterocycles. The summed E-state index contributed by atoms with van der Waals surface area (Å²) in [6, 6.07) is 4.11. The number of carbonyl (C=O) groups is 1. The summed E-state index contributed by atoms with van der Waals surface area (Å²) < 4.78 is 0. The predicted molar refractivity (Wildman–Crippen MR) is 75.0 cm³/mol. The van der Waals surface area contributed by atoms with E-state index < -0.39 is 0 Å². The lowest BCUT2D eigenvalue weighted by Gasteiger charge is -2.15. The van der Waals surface area contributed by atoms with Gasteiger partial charge >= 0.3 is 0 Å². The van der Waals surface area contributed by atoms with Crippen molar-refractivity contribution in [3.05, 3.63) is 38.5 Å². The molecule has 18 heavy (non-hydrogen) atoms. The smallest absolute Gasteiger partial charge is 0.273 e. The summed E-state index contributed by atoms with van der Waals surface area (Å²) in [4.78, 5) is 19.3. The van der Waals surface area contributed by atoms with Gasteiger partial charge in [-0.3, -0.25) is 4.79 Å². The van der Waals surface area contributed by atoms with Gasteiger partial charge in [-0.05, 0) is 17.9 Å². The Labute approximate surface area is 114 Å². The molecule has 0 atom stereocenters. The Balaban J connectivity index is 1.92. The van der Waals surface area contributed by atoms with Crippen LogP contribution in [0.1, 0.15) is 20.4 Å². The fraction of sp³-hybridized carbons (Fsp3) is 0.333. The number of thiophene rings is 1. The molecule has 0 aliphatic carbocycles. The summed E-state index contributed by atoms with van der Waals surface area (Å²) in [6.45, 7) is 1.09. The molecule has 2 heterocycles. The van der Waals surface area contributed by atoms with E-state index in [0.29, 0.717) is 18.8 Å². The van der Waals surface area contributed by atoms with Crippen LogP contribution in [-0.4, -0.2) is 29.4 Å². The molecule has 0 aromatic carbocycles. The summed E-state index contributed by atoms with van der Waals surface area (Å²) >= 11 is 3.14. The van der Waals surface area contributed by atoms with Gasteiger partial charge in [0.1, 0.15) is 10.7 Å². The van der Waals surface area contributed by atoms with Gasteiger partial charge in [0, 0.05) is 30.4 Å². The van der Waals surface area contributed by atoms with Gasteiger partial charge in [-0.1, -0.05) is 6.07 Å². The first-order valence-electron chi connectivity index (χ1n) is 5.63. The third-order valence-corrected chi connectivity index (χ3v) is 4.37. The van der Waals surface area contributed by atoms with Crippen LogP contribution in [-0.2, 0) is 13.0 Å². The van der Waals surface area contributed by atoms with Crippen molar-refractivity contribution in [2.45, 2.75) is 13.0 Å². The average Bonchev–Trinajstić information content (AvgIpc) is 3.05. The molecule has 0 unspecified atom stereocenters. The fourth-order valence-electron chi connectivity index (χ4n) is 1.53. The zero-order valence-electron chi connectivity index (χ0n) is 10.1. The molecule has 6 heteroatoms. The third kappa shape index (κ3) is 3.16. The van der Waals surface area contributed by atoms with Crippen LogP contribution in [0.5, 0.6) is 0 Å². The van der Waals surface area contributed by atoms with Gasteiger partial charge < -0.3 is 10.6 Å². The molecule has 96 valence electrons. The van der Waals surface area contributed by atoms with E-state index in [2.05, 4.69) is 11.1 Å². The second kappa shape index (κ2) is 6.08. The average molecular weight is 281 g/mol. The van der Waals surface area contributed by atoms with Crippen LogP contribution in [0.25, 0.3) is 0 Å².